The minimum atomic E-state index is -4.66. The Kier molecular flexibility index (Phi) is 4.06. The first-order chi connectivity index (χ1) is 11.3. The van der Waals surface area contributed by atoms with Crippen molar-refractivity contribution in [2.45, 2.75) is 32.9 Å². The summed E-state index contributed by atoms with van der Waals surface area (Å²) in [5.41, 5.74) is 1.22. The lowest BCUT2D eigenvalue weighted by Crippen LogP contribution is -2.33. The molecule has 0 aromatic carbocycles. The topological polar surface area (TPSA) is 75.4 Å². The van der Waals surface area contributed by atoms with Crippen LogP contribution in [0.5, 0.6) is 0 Å². The summed E-state index contributed by atoms with van der Waals surface area (Å²) in [5, 5.41) is 13.6. The average molecular weight is 342 g/mol. The number of anilines is 1. The molecule has 1 saturated heterocycles. The average Bonchev–Trinajstić information content (AvgIpc) is 3.17. The van der Waals surface area contributed by atoms with Gasteiger partial charge in [0, 0.05) is 18.7 Å². The third kappa shape index (κ3) is 2.87. The van der Waals surface area contributed by atoms with Crippen molar-refractivity contribution in [1.29, 1.82) is 0 Å². The van der Waals surface area contributed by atoms with Crippen molar-refractivity contribution in [3.05, 3.63) is 17.0 Å². The summed E-state index contributed by atoms with van der Waals surface area (Å²) in [6, 6.07) is 0. The summed E-state index contributed by atoms with van der Waals surface area (Å²) in [6.45, 7) is 4.78. The molecular formula is C14H17F3N6O. The van der Waals surface area contributed by atoms with E-state index in [1.165, 1.54) is 0 Å². The van der Waals surface area contributed by atoms with Gasteiger partial charge in [-0.3, -0.25) is 4.79 Å². The SMILES string of the molecule is Cc1c(NCC(=O)N2CCCC2)nn2c(C(F)(F)F)nnc2c1C. The molecule has 0 atom stereocenters. The molecule has 1 aliphatic rings. The number of hydrogen-bond donors (Lipinski definition) is 1. The Morgan fingerprint density at radius 3 is 2.46 bits per heavy atom. The highest BCUT2D eigenvalue weighted by molar-refractivity contribution is 5.81. The molecule has 0 unspecified atom stereocenters. The molecule has 0 bridgehead atoms. The van der Waals surface area contributed by atoms with Gasteiger partial charge in [0.1, 0.15) is 0 Å². The van der Waals surface area contributed by atoms with Gasteiger partial charge in [-0.2, -0.15) is 17.7 Å². The largest absolute Gasteiger partial charge is 0.453 e. The molecule has 1 aliphatic heterocycles. The maximum Gasteiger partial charge on any atom is 0.453 e. The molecule has 2 aromatic rings. The second-order valence-electron chi connectivity index (χ2n) is 5.80. The van der Waals surface area contributed by atoms with Crippen LogP contribution < -0.4 is 5.32 Å². The number of nitrogens with one attached hydrogen (secondary N) is 1. The molecule has 2 aromatic heterocycles. The molecular weight excluding hydrogens is 325 g/mol. The number of likely N-dealkylation sites (tertiary alicyclic amines) is 1. The van der Waals surface area contributed by atoms with Gasteiger partial charge in [-0.05, 0) is 32.3 Å². The zero-order valence-electron chi connectivity index (χ0n) is 13.3. The molecule has 0 saturated carbocycles. The van der Waals surface area contributed by atoms with E-state index in [0.29, 0.717) is 28.7 Å². The Hall–Kier alpha value is -2.39. The Bertz CT molecular complexity index is 779. The standard InChI is InChI=1S/C14H17F3N6O/c1-8-9(2)12-19-20-13(14(15,16)17)23(12)21-11(8)18-7-10(24)22-5-3-4-6-22/h3-7H2,1-2H3,(H,18,21). The third-order valence-corrected chi connectivity index (χ3v) is 4.21. The van der Waals surface area contributed by atoms with Crippen LogP contribution in [-0.2, 0) is 11.0 Å². The molecule has 0 spiro atoms. The first kappa shape index (κ1) is 16.5. The Morgan fingerprint density at radius 1 is 1.17 bits per heavy atom. The maximum atomic E-state index is 13.0. The first-order valence-electron chi connectivity index (χ1n) is 7.60. The number of hydrogen-bond acceptors (Lipinski definition) is 5. The summed E-state index contributed by atoms with van der Waals surface area (Å²) in [6.07, 6.45) is -2.70. The van der Waals surface area contributed by atoms with Crippen molar-refractivity contribution in [2.24, 2.45) is 0 Å². The predicted octanol–water partition coefficient (Wildman–Crippen LogP) is 1.79. The third-order valence-electron chi connectivity index (χ3n) is 4.21. The molecule has 10 heteroatoms. The molecule has 1 amide bonds. The second-order valence-corrected chi connectivity index (χ2v) is 5.80. The first-order valence-corrected chi connectivity index (χ1v) is 7.60. The summed E-state index contributed by atoms with van der Waals surface area (Å²) in [7, 11) is 0. The number of rotatable bonds is 3. The van der Waals surface area contributed by atoms with Gasteiger partial charge in [-0.1, -0.05) is 0 Å². The monoisotopic (exact) mass is 342 g/mol. The fourth-order valence-electron chi connectivity index (χ4n) is 2.71. The summed E-state index contributed by atoms with van der Waals surface area (Å²) < 4.78 is 39.6. The summed E-state index contributed by atoms with van der Waals surface area (Å²) >= 11 is 0. The highest BCUT2D eigenvalue weighted by atomic mass is 19.4. The van der Waals surface area contributed by atoms with Crippen LogP contribution >= 0.6 is 0 Å². The van der Waals surface area contributed by atoms with E-state index in [2.05, 4.69) is 20.6 Å². The number of halogens is 3. The molecule has 1 N–H and O–H groups in total. The van der Waals surface area contributed by atoms with E-state index in [-0.39, 0.29) is 23.9 Å². The van der Waals surface area contributed by atoms with E-state index in [1.54, 1.807) is 18.7 Å². The number of carbonyl (C=O) groups excluding carboxylic acids is 1. The molecule has 1 fully saturated rings. The maximum absolute atomic E-state index is 13.0. The van der Waals surface area contributed by atoms with Gasteiger partial charge >= 0.3 is 6.18 Å². The smallest absolute Gasteiger partial charge is 0.359 e. The number of nitrogens with zero attached hydrogens (tertiary/aromatic N) is 5. The zero-order valence-corrected chi connectivity index (χ0v) is 13.3. The number of alkyl halides is 3. The van der Waals surface area contributed by atoms with Gasteiger partial charge in [-0.15, -0.1) is 15.3 Å². The van der Waals surface area contributed by atoms with Gasteiger partial charge in [0.05, 0.1) is 6.54 Å². The molecule has 24 heavy (non-hydrogen) atoms. The van der Waals surface area contributed by atoms with Crippen molar-refractivity contribution in [3.8, 4) is 0 Å². The van der Waals surface area contributed by atoms with Gasteiger partial charge < -0.3 is 10.2 Å². The fraction of sp³-hybridized carbons (Fsp3) is 0.571. The van der Waals surface area contributed by atoms with Crippen LogP contribution in [0.4, 0.5) is 19.0 Å². The van der Waals surface area contributed by atoms with Crippen molar-refractivity contribution in [1.82, 2.24) is 24.7 Å². The Morgan fingerprint density at radius 2 is 1.83 bits per heavy atom. The van der Waals surface area contributed by atoms with E-state index >= 15 is 0 Å². The van der Waals surface area contributed by atoms with Crippen LogP contribution in [0.25, 0.3) is 5.65 Å². The Labute approximate surface area is 135 Å². The summed E-state index contributed by atoms with van der Waals surface area (Å²) in [5.74, 6) is -1.06. The number of amides is 1. The van der Waals surface area contributed by atoms with Crippen LogP contribution in [0, 0.1) is 13.8 Å². The van der Waals surface area contributed by atoms with Crippen LogP contribution in [0.3, 0.4) is 0 Å². The van der Waals surface area contributed by atoms with E-state index in [4.69, 9.17) is 0 Å². The molecule has 0 radical (unpaired) electrons. The Balaban J connectivity index is 1.89. The summed E-state index contributed by atoms with van der Waals surface area (Å²) in [4.78, 5) is 13.8. The van der Waals surface area contributed by atoms with Gasteiger partial charge in [0.2, 0.25) is 5.91 Å². The van der Waals surface area contributed by atoms with E-state index in [9.17, 15) is 18.0 Å². The highest BCUT2D eigenvalue weighted by Crippen LogP contribution is 2.29. The van der Waals surface area contributed by atoms with Gasteiger partial charge in [0.15, 0.2) is 11.5 Å². The zero-order chi connectivity index (χ0) is 17.5. The molecule has 3 heterocycles. The quantitative estimate of drug-likeness (QED) is 0.920. The van der Waals surface area contributed by atoms with Crippen LogP contribution in [-0.4, -0.2) is 50.3 Å². The van der Waals surface area contributed by atoms with Crippen molar-refractivity contribution >= 4 is 17.4 Å². The number of aryl methyl sites for hydroxylation is 1. The number of fused-ring (bicyclic) bond motifs is 1. The molecule has 7 nitrogen and oxygen atoms in total. The lowest BCUT2D eigenvalue weighted by Gasteiger charge is -2.17. The number of aromatic nitrogens is 4. The second kappa shape index (κ2) is 5.91. The predicted molar refractivity (Wildman–Crippen MR) is 79.6 cm³/mol. The normalized spacial score (nSPS) is 15.3. The fourth-order valence-corrected chi connectivity index (χ4v) is 2.71. The van der Waals surface area contributed by atoms with E-state index in [1.807, 2.05) is 0 Å². The van der Waals surface area contributed by atoms with Crippen LogP contribution in [0.15, 0.2) is 0 Å². The van der Waals surface area contributed by atoms with Crippen LogP contribution in [0.2, 0.25) is 0 Å². The molecule has 3 rings (SSSR count). The van der Waals surface area contributed by atoms with E-state index < -0.39 is 12.0 Å². The highest BCUT2D eigenvalue weighted by Gasteiger charge is 2.38. The van der Waals surface area contributed by atoms with E-state index in [0.717, 1.165) is 12.8 Å². The molecule has 0 aliphatic carbocycles. The van der Waals surface area contributed by atoms with Crippen molar-refractivity contribution in [2.75, 3.05) is 25.0 Å². The number of carbonyl (C=O) groups is 1. The van der Waals surface area contributed by atoms with Crippen molar-refractivity contribution < 1.29 is 18.0 Å². The van der Waals surface area contributed by atoms with Crippen molar-refractivity contribution in [3.63, 3.8) is 0 Å². The minimum Gasteiger partial charge on any atom is -0.359 e. The molecule has 130 valence electrons. The van der Waals surface area contributed by atoms with Crippen LogP contribution in [0.1, 0.15) is 29.8 Å². The van der Waals surface area contributed by atoms with Gasteiger partial charge in [-0.25, -0.2) is 0 Å². The van der Waals surface area contributed by atoms with Gasteiger partial charge in [0.25, 0.3) is 5.82 Å². The minimum absolute atomic E-state index is 0.0116. The lowest BCUT2D eigenvalue weighted by molar-refractivity contribution is -0.146. The lowest BCUT2D eigenvalue weighted by atomic mass is 10.2.